The number of quaternary nitrogens is 1. The van der Waals surface area contributed by atoms with Crippen molar-refractivity contribution in [3.63, 3.8) is 0 Å². The zero-order chi connectivity index (χ0) is 19.8. The van der Waals surface area contributed by atoms with E-state index >= 15 is 0 Å². The Labute approximate surface area is 165 Å². The normalized spacial score (nSPS) is 16.8. The summed E-state index contributed by atoms with van der Waals surface area (Å²) in [5.74, 6) is -0.422. The summed E-state index contributed by atoms with van der Waals surface area (Å²) >= 11 is 0. The van der Waals surface area contributed by atoms with Gasteiger partial charge in [-0.15, -0.1) is 0 Å². The highest BCUT2D eigenvalue weighted by Gasteiger charge is 2.31. The summed E-state index contributed by atoms with van der Waals surface area (Å²) in [5.41, 5.74) is 2.70. The predicted octanol–water partition coefficient (Wildman–Crippen LogP) is 0.231. The SMILES string of the molecule is COCCCNC(=O)C(=O)NC[C@@H](c1ccco1)[NH+]1CCc2ccccc2C1. The van der Waals surface area contributed by atoms with Crippen LogP contribution in [0.2, 0.25) is 0 Å². The van der Waals surface area contributed by atoms with Crippen molar-refractivity contribution in [1.82, 2.24) is 10.6 Å². The summed E-state index contributed by atoms with van der Waals surface area (Å²) in [6.45, 7) is 3.11. The van der Waals surface area contributed by atoms with Crippen LogP contribution < -0.4 is 15.5 Å². The second-order valence-electron chi connectivity index (χ2n) is 6.98. The first kappa shape index (κ1) is 20.1. The van der Waals surface area contributed by atoms with Gasteiger partial charge in [-0.3, -0.25) is 9.59 Å². The predicted molar refractivity (Wildman–Crippen MR) is 104 cm³/mol. The number of methoxy groups -OCH3 is 1. The highest BCUT2D eigenvalue weighted by molar-refractivity contribution is 6.35. The number of carbonyl (C=O) groups excluding carboxylic acids is 2. The lowest BCUT2D eigenvalue weighted by atomic mass is 9.98. The van der Waals surface area contributed by atoms with Crippen molar-refractivity contribution < 1.29 is 23.6 Å². The molecule has 2 heterocycles. The third kappa shape index (κ3) is 5.21. The monoisotopic (exact) mass is 386 g/mol. The van der Waals surface area contributed by atoms with Gasteiger partial charge in [0.2, 0.25) is 0 Å². The number of ether oxygens (including phenoxy) is 1. The second-order valence-corrected chi connectivity index (χ2v) is 6.98. The molecule has 1 unspecified atom stereocenters. The Hall–Kier alpha value is -2.64. The van der Waals surface area contributed by atoms with Crippen molar-refractivity contribution >= 4 is 11.8 Å². The molecule has 0 saturated heterocycles. The number of nitrogens with one attached hydrogen (secondary N) is 3. The molecule has 3 rings (SSSR count). The zero-order valence-electron chi connectivity index (χ0n) is 16.2. The third-order valence-corrected chi connectivity index (χ3v) is 5.11. The van der Waals surface area contributed by atoms with Crippen molar-refractivity contribution in [2.45, 2.75) is 25.4 Å². The maximum Gasteiger partial charge on any atom is 0.309 e. The van der Waals surface area contributed by atoms with Gasteiger partial charge in [-0.05, 0) is 24.1 Å². The van der Waals surface area contributed by atoms with Crippen LogP contribution in [0.3, 0.4) is 0 Å². The number of carbonyl (C=O) groups is 2. The molecule has 2 amide bonds. The maximum absolute atomic E-state index is 12.2. The fraction of sp³-hybridized carbons (Fsp3) is 0.429. The molecule has 2 atom stereocenters. The van der Waals surface area contributed by atoms with Gasteiger partial charge in [0.15, 0.2) is 11.8 Å². The fourth-order valence-electron chi connectivity index (χ4n) is 3.61. The molecule has 7 heteroatoms. The number of furan rings is 1. The summed E-state index contributed by atoms with van der Waals surface area (Å²) in [4.78, 5) is 25.4. The molecule has 150 valence electrons. The van der Waals surface area contributed by atoms with Gasteiger partial charge >= 0.3 is 11.8 Å². The van der Waals surface area contributed by atoms with E-state index in [0.29, 0.717) is 26.1 Å². The fourth-order valence-corrected chi connectivity index (χ4v) is 3.61. The summed E-state index contributed by atoms with van der Waals surface area (Å²) in [7, 11) is 1.60. The molecule has 0 bridgehead atoms. The minimum absolute atomic E-state index is 0.0476. The van der Waals surface area contributed by atoms with Crippen LogP contribution in [-0.4, -0.2) is 45.2 Å². The average molecular weight is 386 g/mol. The van der Waals surface area contributed by atoms with Gasteiger partial charge < -0.3 is 24.7 Å². The highest BCUT2D eigenvalue weighted by Crippen LogP contribution is 2.15. The lowest BCUT2D eigenvalue weighted by Crippen LogP contribution is -3.12. The number of amides is 2. The standard InChI is InChI=1S/C21H27N3O4/c1-27-12-5-10-22-20(25)21(26)23-14-18(19-8-4-13-28-19)24-11-9-16-6-2-3-7-17(16)15-24/h2-4,6-8,13,18H,5,9-12,14-15H2,1H3,(H,22,25)(H,23,26)/p+1/t18-/m0/s1. The van der Waals surface area contributed by atoms with Gasteiger partial charge in [0.1, 0.15) is 6.54 Å². The third-order valence-electron chi connectivity index (χ3n) is 5.11. The van der Waals surface area contributed by atoms with Crippen molar-refractivity contribution in [2.75, 3.05) is 33.4 Å². The molecule has 0 radical (unpaired) electrons. The molecule has 0 aliphatic carbocycles. The summed E-state index contributed by atoms with van der Waals surface area (Å²) in [5, 5.41) is 5.38. The van der Waals surface area contributed by atoms with Crippen LogP contribution in [0, 0.1) is 0 Å². The number of fused-ring (bicyclic) bond motifs is 1. The lowest BCUT2D eigenvalue weighted by Gasteiger charge is -2.31. The quantitative estimate of drug-likeness (QED) is 0.448. The first-order chi connectivity index (χ1) is 13.7. The van der Waals surface area contributed by atoms with E-state index in [9.17, 15) is 9.59 Å². The van der Waals surface area contributed by atoms with Crippen molar-refractivity contribution in [3.05, 3.63) is 59.5 Å². The number of hydrogen-bond donors (Lipinski definition) is 3. The Morgan fingerprint density at radius 3 is 2.68 bits per heavy atom. The second kappa shape index (κ2) is 10.1. The molecule has 1 aromatic carbocycles. The van der Waals surface area contributed by atoms with Gasteiger partial charge in [0, 0.05) is 32.2 Å². The molecule has 1 aliphatic heterocycles. The topological polar surface area (TPSA) is 85.0 Å². The molecule has 2 aromatic rings. The van der Waals surface area contributed by atoms with Crippen molar-refractivity contribution in [1.29, 1.82) is 0 Å². The van der Waals surface area contributed by atoms with Crippen LogP contribution in [0.25, 0.3) is 0 Å². The highest BCUT2D eigenvalue weighted by atomic mass is 16.5. The van der Waals surface area contributed by atoms with Crippen molar-refractivity contribution in [3.8, 4) is 0 Å². The molecule has 1 aliphatic rings. The van der Waals surface area contributed by atoms with Crippen LogP contribution >= 0.6 is 0 Å². The minimum Gasteiger partial charge on any atom is -0.463 e. The van der Waals surface area contributed by atoms with Gasteiger partial charge in [-0.2, -0.15) is 0 Å². The Balaban J connectivity index is 1.59. The molecular formula is C21H28N3O4+. The summed E-state index contributed by atoms with van der Waals surface area (Å²) < 4.78 is 10.6. The first-order valence-corrected chi connectivity index (χ1v) is 9.68. The van der Waals surface area contributed by atoms with E-state index in [1.165, 1.54) is 16.0 Å². The Bertz CT molecular complexity index is 776. The Kier molecular flexibility index (Phi) is 7.22. The van der Waals surface area contributed by atoms with Crippen LogP contribution in [-0.2, 0) is 27.3 Å². The zero-order valence-corrected chi connectivity index (χ0v) is 16.2. The van der Waals surface area contributed by atoms with Crippen molar-refractivity contribution in [2.24, 2.45) is 0 Å². The van der Waals surface area contributed by atoms with Gasteiger partial charge in [0.25, 0.3) is 0 Å². The van der Waals surface area contributed by atoms with E-state index in [2.05, 4.69) is 34.9 Å². The largest absolute Gasteiger partial charge is 0.463 e. The molecule has 7 nitrogen and oxygen atoms in total. The molecule has 0 saturated carbocycles. The van der Waals surface area contributed by atoms with E-state index in [-0.39, 0.29) is 6.04 Å². The minimum atomic E-state index is -0.620. The van der Waals surface area contributed by atoms with E-state index < -0.39 is 11.8 Å². The number of benzene rings is 1. The van der Waals surface area contributed by atoms with Crippen LogP contribution in [0.5, 0.6) is 0 Å². The first-order valence-electron chi connectivity index (χ1n) is 9.68. The van der Waals surface area contributed by atoms with Gasteiger partial charge in [-0.1, -0.05) is 24.3 Å². The van der Waals surface area contributed by atoms with E-state index in [4.69, 9.17) is 9.15 Å². The summed E-state index contributed by atoms with van der Waals surface area (Å²) in [6.07, 6.45) is 3.29. The maximum atomic E-state index is 12.2. The van der Waals surface area contributed by atoms with Crippen LogP contribution in [0.1, 0.15) is 29.3 Å². The molecule has 28 heavy (non-hydrogen) atoms. The Morgan fingerprint density at radius 1 is 1.14 bits per heavy atom. The van der Waals surface area contributed by atoms with Crippen LogP contribution in [0.4, 0.5) is 0 Å². The number of hydrogen-bond acceptors (Lipinski definition) is 4. The number of rotatable bonds is 8. The van der Waals surface area contributed by atoms with E-state index in [0.717, 1.165) is 25.3 Å². The van der Waals surface area contributed by atoms with Gasteiger partial charge in [-0.25, -0.2) is 0 Å². The molecule has 0 spiro atoms. The van der Waals surface area contributed by atoms with Crippen LogP contribution in [0.15, 0.2) is 47.1 Å². The smallest absolute Gasteiger partial charge is 0.309 e. The summed E-state index contributed by atoms with van der Waals surface area (Å²) in [6, 6.07) is 12.2. The average Bonchev–Trinajstić information content (AvgIpc) is 3.25. The molecule has 1 aromatic heterocycles. The van der Waals surface area contributed by atoms with E-state index in [1.807, 2.05) is 12.1 Å². The molecule has 3 N–H and O–H groups in total. The molecular weight excluding hydrogens is 358 g/mol. The Morgan fingerprint density at radius 2 is 1.93 bits per heavy atom. The lowest BCUT2D eigenvalue weighted by molar-refractivity contribution is -0.946. The van der Waals surface area contributed by atoms with Gasteiger partial charge in [0.05, 0.1) is 19.4 Å². The molecule has 0 fully saturated rings. The van der Waals surface area contributed by atoms with E-state index in [1.54, 1.807) is 13.4 Å².